The van der Waals surface area contributed by atoms with Gasteiger partial charge < -0.3 is 0 Å². The molecule has 13 heavy (non-hydrogen) atoms. The van der Waals surface area contributed by atoms with Gasteiger partial charge >= 0.3 is 0 Å². The second kappa shape index (κ2) is 22.6. The summed E-state index contributed by atoms with van der Waals surface area (Å²) in [7, 11) is 0. The van der Waals surface area contributed by atoms with Gasteiger partial charge in [-0.1, -0.05) is 49.7 Å². The molecule has 0 spiro atoms. The quantitative estimate of drug-likeness (QED) is 0.557. The van der Waals surface area contributed by atoms with Crippen molar-refractivity contribution in [1.82, 2.24) is 0 Å². The van der Waals surface area contributed by atoms with Crippen LogP contribution in [0.15, 0.2) is 30.3 Å². The molecule has 0 aliphatic carbocycles. The van der Waals surface area contributed by atoms with E-state index in [0.717, 1.165) is 0 Å². The summed E-state index contributed by atoms with van der Waals surface area (Å²) in [6.07, 6.45) is 2.94. The number of hydrogen-bond acceptors (Lipinski definition) is 0. The van der Waals surface area contributed by atoms with Crippen LogP contribution in [0.4, 0.5) is 0 Å². The van der Waals surface area contributed by atoms with Crippen molar-refractivity contribution in [3.05, 3.63) is 35.9 Å². The molecule has 0 radical (unpaired) electrons. The Morgan fingerprint density at radius 3 is 1.23 bits per heavy atom. The Hall–Kier alpha value is -0.200. The van der Waals surface area contributed by atoms with Crippen LogP contribution in [0.25, 0.3) is 0 Å². The van der Waals surface area contributed by atoms with Crippen molar-refractivity contribution in [1.29, 1.82) is 0 Å². The molecule has 0 aromatic heterocycles. The van der Waals surface area contributed by atoms with E-state index in [1.165, 1.54) is 18.3 Å². The van der Waals surface area contributed by atoms with E-state index in [1.54, 1.807) is 0 Å². The first-order valence-electron chi connectivity index (χ1n) is 4.17. The van der Waals surface area contributed by atoms with Crippen LogP contribution in [-0.2, 0) is 0 Å². The summed E-state index contributed by atoms with van der Waals surface area (Å²) in [6.45, 7) is 6.08. The molecular formula is C11H20Cl2. The van der Waals surface area contributed by atoms with Crippen LogP contribution in [0.2, 0.25) is 0 Å². The highest BCUT2D eigenvalue weighted by Gasteiger charge is 1.72. The lowest BCUT2D eigenvalue weighted by Gasteiger charge is -1.82. The van der Waals surface area contributed by atoms with Crippen molar-refractivity contribution in [2.24, 2.45) is 0 Å². The zero-order chi connectivity index (χ0) is 11.1. The predicted octanol–water partition coefficient (Wildman–Crippen LogP) is 4.73. The molecule has 0 nitrogen and oxygen atoms in total. The van der Waals surface area contributed by atoms with E-state index in [4.69, 9.17) is 0 Å². The van der Waals surface area contributed by atoms with Crippen molar-refractivity contribution < 1.29 is 0 Å². The third kappa shape index (κ3) is 18.6. The summed E-state index contributed by atoms with van der Waals surface area (Å²) >= 11 is 9.28. The van der Waals surface area contributed by atoms with Gasteiger partial charge in [0.25, 0.3) is 0 Å². The first kappa shape index (κ1) is 18.6. The van der Waals surface area contributed by atoms with Gasteiger partial charge in [0.1, 0.15) is 0 Å². The Morgan fingerprint density at radius 1 is 0.769 bits per heavy atom. The third-order valence-corrected chi connectivity index (χ3v) is 0.940. The lowest BCUT2D eigenvalue weighted by atomic mass is 10.2. The number of hydrogen-bond donors (Lipinski definition) is 0. The second-order valence-electron chi connectivity index (χ2n) is 1.65. The molecule has 0 aliphatic heterocycles. The Labute approximate surface area is 92.9 Å². The monoisotopic (exact) mass is 222 g/mol. The van der Waals surface area contributed by atoms with Gasteiger partial charge in [0.05, 0.1) is 0 Å². The van der Waals surface area contributed by atoms with Gasteiger partial charge in [0, 0.05) is 12.8 Å². The SMILES string of the molecule is CC.CCl.CCl.Cc1ccccc1. The van der Waals surface area contributed by atoms with Crippen LogP contribution in [0.3, 0.4) is 0 Å². The number of rotatable bonds is 0. The summed E-state index contributed by atoms with van der Waals surface area (Å²) < 4.78 is 0. The predicted molar refractivity (Wildman–Crippen MR) is 66.1 cm³/mol. The molecule has 0 bridgehead atoms. The zero-order valence-corrected chi connectivity index (χ0v) is 10.7. The van der Waals surface area contributed by atoms with E-state index in [9.17, 15) is 0 Å². The van der Waals surface area contributed by atoms with Gasteiger partial charge in [-0.25, -0.2) is 0 Å². The highest BCUT2D eigenvalue weighted by atomic mass is 35.5. The molecule has 1 aromatic rings. The van der Waals surface area contributed by atoms with Crippen LogP contribution in [0, 0.1) is 6.92 Å². The first-order chi connectivity index (χ1) is 6.39. The van der Waals surface area contributed by atoms with Gasteiger partial charge in [-0.3, -0.25) is 0 Å². The second-order valence-corrected chi connectivity index (χ2v) is 1.65. The van der Waals surface area contributed by atoms with Gasteiger partial charge in [-0.05, 0) is 6.92 Å². The molecule has 2 heteroatoms. The van der Waals surface area contributed by atoms with Crippen molar-refractivity contribution in [3.63, 3.8) is 0 Å². The highest BCUT2D eigenvalue weighted by Crippen LogP contribution is 1.92. The summed E-state index contributed by atoms with van der Waals surface area (Å²) in [5.74, 6) is 0. The zero-order valence-electron chi connectivity index (χ0n) is 9.14. The molecule has 0 saturated heterocycles. The molecule has 0 aliphatic rings. The molecule has 0 N–H and O–H groups in total. The molecule has 0 unspecified atom stereocenters. The van der Waals surface area contributed by atoms with Crippen LogP contribution in [-0.4, -0.2) is 12.8 Å². The van der Waals surface area contributed by atoms with E-state index in [0.29, 0.717) is 0 Å². The molecule has 0 saturated carbocycles. The molecule has 0 heterocycles. The van der Waals surface area contributed by atoms with Gasteiger partial charge in [-0.15, -0.1) is 23.2 Å². The largest absolute Gasteiger partial charge is 0.130 e. The minimum absolute atomic E-state index is 1.32. The molecule has 0 amide bonds. The van der Waals surface area contributed by atoms with Crippen LogP contribution in [0.5, 0.6) is 0 Å². The van der Waals surface area contributed by atoms with Crippen LogP contribution < -0.4 is 0 Å². The molecule has 1 rings (SSSR count). The third-order valence-electron chi connectivity index (χ3n) is 0.940. The average molecular weight is 223 g/mol. The van der Waals surface area contributed by atoms with Crippen LogP contribution >= 0.6 is 23.2 Å². The fraction of sp³-hybridized carbons (Fsp3) is 0.455. The summed E-state index contributed by atoms with van der Waals surface area (Å²) in [4.78, 5) is 0. The molecule has 0 atom stereocenters. The van der Waals surface area contributed by atoms with Gasteiger partial charge in [0.15, 0.2) is 0 Å². The maximum absolute atomic E-state index is 4.64. The van der Waals surface area contributed by atoms with Crippen molar-refractivity contribution in [2.75, 3.05) is 12.8 Å². The Balaban J connectivity index is -0.000000144. The first-order valence-corrected chi connectivity index (χ1v) is 5.68. The van der Waals surface area contributed by atoms with Gasteiger partial charge in [0.2, 0.25) is 0 Å². The number of benzene rings is 1. The maximum atomic E-state index is 4.64. The minimum atomic E-state index is 1.32. The lowest BCUT2D eigenvalue weighted by molar-refractivity contribution is 1.48. The molecular weight excluding hydrogens is 203 g/mol. The number of halogens is 2. The maximum Gasteiger partial charge on any atom is 0.0108 e. The Bertz CT molecular complexity index is 138. The normalized spacial score (nSPS) is 6.08. The van der Waals surface area contributed by atoms with Crippen molar-refractivity contribution in [2.45, 2.75) is 20.8 Å². The fourth-order valence-electron chi connectivity index (χ4n) is 0.534. The average Bonchev–Trinajstić information content (AvgIpc) is 2.28. The number of aryl methyl sites for hydroxylation is 1. The highest BCUT2D eigenvalue weighted by molar-refractivity contribution is 6.15. The van der Waals surface area contributed by atoms with Crippen molar-refractivity contribution >= 4 is 23.2 Å². The smallest absolute Gasteiger partial charge is 0.0108 e. The fourth-order valence-corrected chi connectivity index (χ4v) is 0.534. The summed E-state index contributed by atoms with van der Waals surface area (Å²) in [6, 6.07) is 10.3. The minimum Gasteiger partial charge on any atom is -0.130 e. The number of alkyl halides is 2. The Kier molecular flexibility index (Phi) is 32.3. The van der Waals surface area contributed by atoms with E-state index in [2.05, 4.69) is 42.3 Å². The standard InChI is InChI=1S/C7H8.C2H6.2CH3Cl/c1-7-5-3-2-4-6-7;3*1-2/h2-6H,1H3;1-2H3;2*1H3. The van der Waals surface area contributed by atoms with Gasteiger partial charge in [-0.2, -0.15) is 0 Å². The lowest BCUT2D eigenvalue weighted by Crippen LogP contribution is -1.62. The topological polar surface area (TPSA) is 0 Å². The van der Waals surface area contributed by atoms with Crippen molar-refractivity contribution in [3.8, 4) is 0 Å². The van der Waals surface area contributed by atoms with E-state index < -0.39 is 0 Å². The summed E-state index contributed by atoms with van der Waals surface area (Å²) in [5, 5.41) is 0. The summed E-state index contributed by atoms with van der Waals surface area (Å²) in [5.41, 5.74) is 1.32. The molecule has 1 aromatic carbocycles. The molecule has 0 fully saturated rings. The van der Waals surface area contributed by atoms with Crippen LogP contribution in [0.1, 0.15) is 19.4 Å². The van der Waals surface area contributed by atoms with E-state index in [1.807, 2.05) is 32.0 Å². The Morgan fingerprint density at radius 2 is 1.08 bits per heavy atom. The van der Waals surface area contributed by atoms with E-state index >= 15 is 0 Å². The molecule has 78 valence electrons. The van der Waals surface area contributed by atoms with E-state index in [-0.39, 0.29) is 0 Å².